The number of carbonyl (C=O) groups is 1. The standard InChI is InChI=1S/C9H15N5O/c1-9(2,6-4-3-5-6)7(15)10-8-11-13-14-12-8/h6H,3-5H2,1-2H3,(H2,10,11,12,13,14,15). The molecular formula is C9H15N5O. The number of carbonyl (C=O) groups excluding carboxylic acids is 1. The van der Waals surface area contributed by atoms with E-state index in [1.165, 1.54) is 6.42 Å². The van der Waals surface area contributed by atoms with Gasteiger partial charge in [-0.1, -0.05) is 25.4 Å². The zero-order valence-corrected chi connectivity index (χ0v) is 8.95. The number of hydrogen-bond donors (Lipinski definition) is 2. The topological polar surface area (TPSA) is 83.6 Å². The molecule has 1 aromatic rings. The Kier molecular flexibility index (Phi) is 2.42. The molecule has 2 rings (SSSR count). The predicted molar refractivity (Wildman–Crippen MR) is 53.9 cm³/mol. The van der Waals surface area contributed by atoms with Gasteiger partial charge in [-0.25, -0.2) is 0 Å². The summed E-state index contributed by atoms with van der Waals surface area (Å²) in [7, 11) is 0. The molecule has 0 bridgehead atoms. The molecule has 0 aromatic carbocycles. The maximum atomic E-state index is 11.9. The number of hydrogen-bond acceptors (Lipinski definition) is 4. The van der Waals surface area contributed by atoms with Crippen LogP contribution in [-0.4, -0.2) is 26.5 Å². The van der Waals surface area contributed by atoms with Crippen LogP contribution in [0.25, 0.3) is 0 Å². The molecule has 0 unspecified atom stereocenters. The summed E-state index contributed by atoms with van der Waals surface area (Å²) in [6, 6.07) is 0. The molecule has 6 heteroatoms. The van der Waals surface area contributed by atoms with Crippen molar-refractivity contribution in [2.24, 2.45) is 11.3 Å². The summed E-state index contributed by atoms with van der Waals surface area (Å²) in [5.74, 6) is 0.686. The van der Waals surface area contributed by atoms with Gasteiger partial charge in [-0.2, -0.15) is 5.21 Å². The van der Waals surface area contributed by atoms with Crippen molar-refractivity contribution in [2.45, 2.75) is 33.1 Å². The zero-order valence-electron chi connectivity index (χ0n) is 8.95. The van der Waals surface area contributed by atoms with E-state index in [1.807, 2.05) is 13.8 Å². The molecule has 1 amide bonds. The Labute approximate surface area is 87.8 Å². The molecule has 15 heavy (non-hydrogen) atoms. The van der Waals surface area contributed by atoms with E-state index < -0.39 is 0 Å². The lowest BCUT2D eigenvalue weighted by molar-refractivity contribution is -0.128. The lowest BCUT2D eigenvalue weighted by atomic mass is 9.67. The van der Waals surface area contributed by atoms with Crippen LogP contribution in [0.2, 0.25) is 0 Å². The highest BCUT2D eigenvalue weighted by molar-refractivity contribution is 5.93. The fourth-order valence-electron chi connectivity index (χ4n) is 1.79. The van der Waals surface area contributed by atoms with Crippen molar-refractivity contribution in [1.29, 1.82) is 0 Å². The third-order valence-electron chi connectivity index (χ3n) is 3.28. The fourth-order valence-corrected chi connectivity index (χ4v) is 1.79. The molecule has 1 aromatic heterocycles. The molecule has 0 aliphatic heterocycles. The first-order chi connectivity index (χ1) is 7.10. The number of amides is 1. The minimum absolute atomic E-state index is 0.0337. The SMILES string of the molecule is CC(C)(C(=O)Nc1nn[nH]n1)C1CCC1. The van der Waals surface area contributed by atoms with Crippen molar-refractivity contribution in [1.82, 2.24) is 20.6 Å². The monoisotopic (exact) mass is 209 g/mol. The zero-order chi connectivity index (χ0) is 10.9. The summed E-state index contributed by atoms with van der Waals surface area (Å²) in [6.07, 6.45) is 3.49. The Morgan fingerprint density at radius 2 is 2.27 bits per heavy atom. The summed E-state index contributed by atoms with van der Waals surface area (Å²) in [4.78, 5) is 11.9. The second-order valence-electron chi connectivity index (χ2n) is 4.54. The number of tetrazole rings is 1. The average Bonchev–Trinajstić information content (AvgIpc) is 2.52. The van der Waals surface area contributed by atoms with Crippen LogP contribution in [0.4, 0.5) is 5.95 Å². The van der Waals surface area contributed by atoms with Gasteiger partial charge >= 0.3 is 0 Å². The predicted octanol–water partition coefficient (Wildman–Crippen LogP) is 0.964. The van der Waals surface area contributed by atoms with Gasteiger partial charge in [0.15, 0.2) is 0 Å². The van der Waals surface area contributed by atoms with E-state index in [0.29, 0.717) is 5.92 Å². The number of aromatic nitrogens is 4. The van der Waals surface area contributed by atoms with Gasteiger partial charge in [0.05, 0.1) is 0 Å². The normalized spacial score (nSPS) is 17.2. The second kappa shape index (κ2) is 3.60. The summed E-state index contributed by atoms with van der Waals surface area (Å²) in [5, 5.41) is 15.7. The molecule has 6 nitrogen and oxygen atoms in total. The first kappa shape index (κ1) is 10.1. The van der Waals surface area contributed by atoms with Gasteiger partial charge in [-0.15, -0.1) is 5.10 Å². The second-order valence-corrected chi connectivity index (χ2v) is 4.54. The van der Waals surface area contributed by atoms with Gasteiger partial charge < -0.3 is 0 Å². The van der Waals surface area contributed by atoms with Gasteiger partial charge in [0.1, 0.15) is 0 Å². The van der Waals surface area contributed by atoms with Crippen LogP contribution in [-0.2, 0) is 4.79 Å². The number of aromatic amines is 1. The highest BCUT2D eigenvalue weighted by atomic mass is 16.2. The minimum Gasteiger partial charge on any atom is -0.291 e. The van der Waals surface area contributed by atoms with Crippen molar-refractivity contribution < 1.29 is 4.79 Å². The van der Waals surface area contributed by atoms with E-state index in [9.17, 15) is 4.79 Å². The van der Waals surface area contributed by atoms with Gasteiger partial charge in [-0.3, -0.25) is 10.1 Å². The van der Waals surface area contributed by atoms with Gasteiger partial charge in [0.2, 0.25) is 5.91 Å². The van der Waals surface area contributed by atoms with E-state index in [4.69, 9.17) is 0 Å². The average molecular weight is 209 g/mol. The number of nitrogens with zero attached hydrogens (tertiary/aromatic N) is 3. The molecule has 0 spiro atoms. The third kappa shape index (κ3) is 1.84. The van der Waals surface area contributed by atoms with Crippen molar-refractivity contribution >= 4 is 11.9 Å². The van der Waals surface area contributed by atoms with Gasteiger partial charge in [0.25, 0.3) is 5.95 Å². The summed E-state index contributed by atoms with van der Waals surface area (Å²) in [6.45, 7) is 3.93. The van der Waals surface area contributed by atoms with E-state index in [2.05, 4.69) is 25.9 Å². The number of nitrogens with one attached hydrogen (secondary N) is 2. The van der Waals surface area contributed by atoms with E-state index in [-0.39, 0.29) is 17.3 Å². The smallest absolute Gasteiger partial charge is 0.269 e. The number of H-pyrrole nitrogens is 1. The Balaban J connectivity index is 2.00. The van der Waals surface area contributed by atoms with E-state index >= 15 is 0 Å². The highest BCUT2D eigenvalue weighted by Crippen LogP contribution is 2.42. The molecule has 0 saturated heterocycles. The molecular weight excluding hydrogens is 194 g/mol. The maximum Gasteiger partial charge on any atom is 0.269 e. The largest absolute Gasteiger partial charge is 0.291 e. The number of anilines is 1. The molecule has 1 aliphatic carbocycles. The molecule has 2 N–H and O–H groups in total. The van der Waals surface area contributed by atoms with Crippen LogP contribution in [0.5, 0.6) is 0 Å². The van der Waals surface area contributed by atoms with Crippen LogP contribution in [0.15, 0.2) is 0 Å². The molecule has 1 fully saturated rings. The summed E-state index contributed by atoms with van der Waals surface area (Å²) < 4.78 is 0. The minimum atomic E-state index is -0.348. The van der Waals surface area contributed by atoms with Crippen LogP contribution >= 0.6 is 0 Å². The van der Waals surface area contributed by atoms with Crippen molar-refractivity contribution in [3.8, 4) is 0 Å². The van der Waals surface area contributed by atoms with Crippen LogP contribution in [0.1, 0.15) is 33.1 Å². The molecule has 1 aliphatic rings. The Bertz CT molecular complexity index is 341. The Morgan fingerprint density at radius 1 is 1.53 bits per heavy atom. The van der Waals surface area contributed by atoms with Gasteiger partial charge in [0, 0.05) is 5.41 Å². The van der Waals surface area contributed by atoms with E-state index in [1.54, 1.807) is 0 Å². The fraction of sp³-hybridized carbons (Fsp3) is 0.778. The first-order valence-corrected chi connectivity index (χ1v) is 5.15. The summed E-state index contributed by atoms with van der Waals surface area (Å²) >= 11 is 0. The molecule has 1 saturated carbocycles. The van der Waals surface area contributed by atoms with E-state index in [0.717, 1.165) is 12.8 Å². The molecule has 0 atom stereocenters. The first-order valence-electron chi connectivity index (χ1n) is 5.15. The molecule has 1 heterocycles. The Hall–Kier alpha value is -1.46. The lowest BCUT2D eigenvalue weighted by Gasteiger charge is -2.38. The number of rotatable bonds is 3. The van der Waals surface area contributed by atoms with Crippen molar-refractivity contribution in [3.63, 3.8) is 0 Å². The summed E-state index contributed by atoms with van der Waals surface area (Å²) in [5.41, 5.74) is -0.348. The quantitative estimate of drug-likeness (QED) is 0.776. The van der Waals surface area contributed by atoms with Crippen LogP contribution in [0.3, 0.4) is 0 Å². The Morgan fingerprint density at radius 3 is 2.73 bits per heavy atom. The van der Waals surface area contributed by atoms with Crippen LogP contribution < -0.4 is 5.32 Å². The molecule has 82 valence electrons. The van der Waals surface area contributed by atoms with Crippen molar-refractivity contribution in [3.05, 3.63) is 0 Å². The molecule has 0 radical (unpaired) electrons. The van der Waals surface area contributed by atoms with Crippen molar-refractivity contribution in [2.75, 3.05) is 5.32 Å². The third-order valence-corrected chi connectivity index (χ3v) is 3.28. The van der Waals surface area contributed by atoms with Gasteiger partial charge in [-0.05, 0) is 24.0 Å². The lowest BCUT2D eigenvalue weighted by Crippen LogP contribution is -2.40. The highest BCUT2D eigenvalue weighted by Gasteiger charge is 2.40. The maximum absolute atomic E-state index is 11.9. The van der Waals surface area contributed by atoms with Crippen LogP contribution in [0, 0.1) is 11.3 Å².